The molecule has 1 heterocycles. The van der Waals surface area contributed by atoms with Gasteiger partial charge < -0.3 is 10.0 Å². The van der Waals surface area contributed by atoms with E-state index in [9.17, 15) is 18.3 Å². The van der Waals surface area contributed by atoms with E-state index in [0.29, 0.717) is 5.69 Å². The molecule has 2 nitrogen and oxygen atoms in total. The number of anilines is 1. The maximum Gasteiger partial charge on any atom is 0.416 e. The van der Waals surface area contributed by atoms with E-state index in [0.717, 1.165) is 44.5 Å². The molecule has 0 aromatic heterocycles. The molecule has 0 atom stereocenters. The molecule has 0 saturated carbocycles. The summed E-state index contributed by atoms with van der Waals surface area (Å²) in [6, 6.07) is 3.16. The number of piperidine rings is 1. The highest BCUT2D eigenvalue weighted by molar-refractivity contribution is 5.59. The third-order valence-corrected chi connectivity index (χ3v) is 3.00. The second-order valence-corrected chi connectivity index (χ2v) is 4.25. The summed E-state index contributed by atoms with van der Waals surface area (Å²) in [5, 5.41) is 9.67. The standard InChI is InChI=1S/C12H14F3NO/c13-12(14,15)9-4-5-10(11(17)8-9)16-6-2-1-3-7-16/h4-5,8,17H,1-3,6-7H2. The first kappa shape index (κ1) is 12.1. The summed E-state index contributed by atoms with van der Waals surface area (Å²) in [6.07, 6.45) is -1.24. The Labute approximate surface area is 97.7 Å². The summed E-state index contributed by atoms with van der Waals surface area (Å²) >= 11 is 0. The maximum absolute atomic E-state index is 12.4. The van der Waals surface area contributed by atoms with E-state index in [-0.39, 0.29) is 5.75 Å². The normalized spacial score (nSPS) is 17.2. The molecule has 0 unspecified atom stereocenters. The third-order valence-electron chi connectivity index (χ3n) is 3.00. The Morgan fingerprint density at radius 2 is 1.71 bits per heavy atom. The number of alkyl halides is 3. The van der Waals surface area contributed by atoms with Crippen molar-refractivity contribution in [1.29, 1.82) is 0 Å². The van der Waals surface area contributed by atoms with E-state index in [2.05, 4.69) is 0 Å². The summed E-state index contributed by atoms with van der Waals surface area (Å²) in [5.74, 6) is -0.290. The molecule has 1 aromatic rings. The fraction of sp³-hybridized carbons (Fsp3) is 0.500. The van der Waals surface area contributed by atoms with Crippen LogP contribution in [0.15, 0.2) is 18.2 Å². The van der Waals surface area contributed by atoms with Crippen molar-refractivity contribution in [2.24, 2.45) is 0 Å². The fourth-order valence-corrected chi connectivity index (χ4v) is 2.10. The van der Waals surface area contributed by atoms with Gasteiger partial charge in [-0.3, -0.25) is 0 Å². The maximum atomic E-state index is 12.4. The first-order valence-corrected chi connectivity index (χ1v) is 5.63. The number of benzene rings is 1. The highest BCUT2D eigenvalue weighted by Crippen LogP contribution is 2.36. The lowest BCUT2D eigenvalue weighted by atomic mass is 10.1. The minimum atomic E-state index is -4.40. The molecule has 94 valence electrons. The number of rotatable bonds is 1. The lowest BCUT2D eigenvalue weighted by Crippen LogP contribution is -2.29. The van der Waals surface area contributed by atoms with Gasteiger partial charge in [-0.05, 0) is 37.5 Å². The van der Waals surface area contributed by atoms with Gasteiger partial charge in [-0.25, -0.2) is 0 Å². The second kappa shape index (κ2) is 4.47. The van der Waals surface area contributed by atoms with Crippen LogP contribution in [0.5, 0.6) is 5.75 Å². The van der Waals surface area contributed by atoms with Gasteiger partial charge in [0.15, 0.2) is 0 Å². The minimum absolute atomic E-state index is 0.290. The van der Waals surface area contributed by atoms with Crippen molar-refractivity contribution in [2.45, 2.75) is 25.4 Å². The van der Waals surface area contributed by atoms with Crippen LogP contribution in [0.4, 0.5) is 18.9 Å². The number of nitrogens with zero attached hydrogens (tertiary/aromatic N) is 1. The molecule has 0 spiro atoms. The van der Waals surface area contributed by atoms with E-state index in [1.165, 1.54) is 6.07 Å². The molecule has 1 fully saturated rings. The number of hydrogen-bond acceptors (Lipinski definition) is 2. The molecule has 0 amide bonds. The van der Waals surface area contributed by atoms with E-state index in [4.69, 9.17) is 0 Å². The topological polar surface area (TPSA) is 23.5 Å². The first-order valence-electron chi connectivity index (χ1n) is 5.63. The molecule has 1 N–H and O–H groups in total. The SMILES string of the molecule is Oc1cc(C(F)(F)F)ccc1N1CCCCC1. The molecule has 0 bridgehead atoms. The van der Waals surface area contributed by atoms with Crippen LogP contribution in [-0.2, 0) is 6.18 Å². The lowest BCUT2D eigenvalue weighted by molar-refractivity contribution is -0.137. The van der Waals surface area contributed by atoms with Gasteiger partial charge in [-0.1, -0.05) is 0 Å². The van der Waals surface area contributed by atoms with Crippen molar-refractivity contribution in [3.63, 3.8) is 0 Å². The van der Waals surface area contributed by atoms with Crippen molar-refractivity contribution in [3.05, 3.63) is 23.8 Å². The Morgan fingerprint density at radius 1 is 1.06 bits per heavy atom. The van der Waals surface area contributed by atoms with Gasteiger partial charge in [0.2, 0.25) is 0 Å². The van der Waals surface area contributed by atoms with Crippen LogP contribution in [0.3, 0.4) is 0 Å². The average Bonchev–Trinajstić information content (AvgIpc) is 2.29. The molecule has 0 radical (unpaired) electrons. The van der Waals surface area contributed by atoms with Gasteiger partial charge in [0, 0.05) is 13.1 Å². The number of aromatic hydroxyl groups is 1. The van der Waals surface area contributed by atoms with Gasteiger partial charge in [0.1, 0.15) is 5.75 Å². The summed E-state index contributed by atoms with van der Waals surface area (Å²) in [4.78, 5) is 1.93. The van der Waals surface area contributed by atoms with Crippen molar-refractivity contribution in [1.82, 2.24) is 0 Å². The van der Waals surface area contributed by atoms with Gasteiger partial charge in [-0.2, -0.15) is 13.2 Å². The third kappa shape index (κ3) is 2.65. The summed E-state index contributed by atoms with van der Waals surface area (Å²) in [7, 11) is 0. The van der Waals surface area contributed by atoms with Gasteiger partial charge >= 0.3 is 6.18 Å². The lowest BCUT2D eigenvalue weighted by Gasteiger charge is -2.29. The van der Waals surface area contributed by atoms with Crippen LogP contribution >= 0.6 is 0 Å². The molecular weight excluding hydrogens is 231 g/mol. The van der Waals surface area contributed by atoms with Crippen molar-refractivity contribution >= 4 is 5.69 Å². The van der Waals surface area contributed by atoms with Crippen LogP contribution in [0.2, 0.25) is 0 Å². The van der Waals surface area contributed by atoms with Crippen LogP contribution in [0.1, 0.15) is 24.8 Å². The summed E-state index contributed by atoms with van der Waals surface area (Å²) in [5.41, 5.74) is -0.312. The zero-order chi connectivity index (χ0) is 12.5. The predicted octanol–water partition coefficient (Wildman–Crippen LogP) is 3.40. The van der Waals surface area contributed by atoms with Crippen LogP contribution in [0, 0.1) is 0 Å². The van der Waals surface area contributed by atoms with Crippen LogP contribution in [0.25, 0.3) is 0 Å². The van der Waals surface area contributed by atoms with Crippen LogP contribution < -0.4 is 4.90 Å². The zero-order valence-electron chi connectivity index (χ0n) is 9.30. The van der Waals surface area contributed by atoms with E-state index < -0.39 is 11.7 Å². The summed E-state index contributed by atoms with van der Waals surface area (Å²) in [6.45, 7) is 1.58. The molecule has 1 aliphatic heterocycles. The van der Waals surface area contributed by atoms with Gasteiger partial charge in [-0.15, -0.1) is 0 Å². The van der Waals surface area contributed by atoms with Crippen molar-refractivity contribution < 1.29 is 18.3 Å². The monoisotopic (exact) mass is 245 g/mol. The molecule has 2 rings (SSSR count). The molecular formula is C12H14F3NO. The molecule has 1 saturated heterocycles. The quantitative estimate of drug-likeness (QED) is 0.819. The van der Waals surface area contributed by atoms with Crippen molar-refractivity contribution in [2.75, 3.05) is 18.0 Å². The molecule has 1 aromatic carbocycles. The number of phenolic OH excluding ortho intramolecular Hbond substituents is 1. The second-order valence-electron chi connectivity index (χ2n) is 4.25. The van der Waals surface area contributed by atoms with Crippen molar-refractivity contribution in [3.8, 4) is 5.75 Å². The largest absolute Gasteiger partial charge is 0.506 e. The predicted molar refractivity (Wildman–Crippen MR) is 59.2 cm³/mol. The fourth-order valence-electron chi connectivity index (χ4n) is 2.10. The number of phenols is 1. The minimum Gasteiger partial charge on any atom is -0.506 e. The molecule has 17 heavy (non-hydrogen) atoms. The Bertz CT molecular complexity index is 397. The molecule has 5 heteroatoms. The Balaban J connectivity index is 2.25. The Hall–Kier alpha value is -1.39. The molecule has 1 aliphatic rings. The van der Waals surface area contributed by atoms with E-state index in [1.807, 2.05) is 4.90 Å². The first-order chi connectivity index (χ1) is 7.98. The highest BCUT2D eigenvalue weighted by atomic mass is 19.4. The number of hydrogen-bond donors (Lipinski definition) is 1. The zero-order valence-corrected chi connectivity index (χ0v) is 9.30. The Morgan fingerprint density at radius 3 is 2.24 bits per heavy atom. The van der Waals surface area contributed by atoms with Crippen LogP contribution in [-0.4, -0.2) is 18.2 Å². The van der Waals surface area contributed by atoms with E-state index in [1.54, 1.807) is 0 Å². The highest BCUT2D eigenvalue weighted by Gasteiger charge is 2.31. The van der Waals surface area contributed by atoms with E-state index >= 15 is 0 Å². The average molecular weight is 245 g/mol. The van der Waals surface area contributed by atoms with Gasteiger partial charge in [0.05, 0.1) is 11.3 Å². The summed E-state index contributed by atoms with van der Waals surface area (Å²) < 4.78 is 37.3. The van der Waals surface area contributed by atoms with Gasteiger partial charge in [0.25, 0.3) is 0 Å². The molecule has 0 aliphatic carbocycles. The Kier molecular flexibility index (Phi) is 3.17. The smallest absolute Gasteiger partial charge is 0.416 e. The number of halogens is 3.